The Hall–Kier alpha value is -1.60. The average Bonchev–Trinajstić information content (AvgIpc) is 2.50. The molecule has 1 aromatic rings. The van der Waals surface area contributed by atoms with Crippen LogP contribution >= 0.6 is 0 Å². The molecule has 0 saturated carbocycles. The van der Waals surface area contributed by atoms with Crippen molar-refractivity contribution in [2.24, 2.45) is 0 Å². The van der Waals surface area contributed by atoms with Gasteiger partial charge < -0.3 is 25.3 Å². The van der Waals surface area contributed by atoms with Crippen molar-refractivity contribution >= 4 is 11.5 Å². The van der Waals surface area contributed by atoms with Gasteiger partial charge in [-0.15, -0.1) is 0 Å². The van der Waals surface area contributed by atoms with E-state index in [-0.39, 0.29) is 0 Å². The predicted octanol–water partition coefficient (Wildman–Crippen LogP) is 1.48. The zero-order valence-electron chi connectivity index (χ0n) is 13.1. The summed E-state index contributed by atoms with van der Waals surface area (Å²) in [6.07, 6.45) is 1.60. The normalized spacial score (nSPS) is 10.6. The van der Waals surface area contributed by atoms with Crippen molar-refractivity contribution in [2.75, 3.05) is 51.1 Å². The average molecular weight is 298 g/mol. The number of aryl methyl sites for hydroxylation is 1. The first-order valence-corrected chi connectivity index (χ1v) is 7.32. The molecular formula is C14H26N4O3. The largest absolute Gasteiger partial charge is 0.474 e. The van der Waals surface area contributed by atoms with E-state index in [1.807, 2.05) is 13.8 Å². The highest BCUT2D eigenvalue weighted by atomic mass is 16.5. The summed E-state index contributed by atoms with van der Waals surface area (Å²) in [5, 5.41) is 3.21. The van der Waals surface area contributed by atoms with Crippen LogP contribution in [0.4, 0.5) is 11.5 Å². The Kier molecular flexibility index (Phi) is 8.45. The fourth-order valence-electron chi connectivity index (χ4n) is 1.64. The van der Waals surface area contributed by atoms with E-state index >= 15 is 0 Å². The second-order valence-corrected chi connectivity index (χ2v) is 4.38. The van der Waals surface area contributed by atoms with Gasteiger partial charge in [0.1, 0.15) is 18.1 Å². The third-order valence-electron chi connectivity index (χ3n) is 2.76. The van der Waals surface area contributed by atoms with E-state index in [1.165, 1.54) is 0 Å². The Labute approximate surface area is 126 Å². The molecular weight excluding hydrogens is 272 g/mol. The van der Waals surface area contributed by atoms with Crippen LogP contribution in [-0.4, -0.2) is 50.1 Å². The minimum atomic E-state index is 0.407. The van der Waals surface area contributed by atoms with E-state index in [1.54, 1.807) is 7.11 Å². The van der Waals surface area contributed by atoms with Gasteiger partial charge in [-0.2, -0.15) is 4.98 Å². The lowest BCUT2D eigenvalue weighted by molar-refractivity contribution is 0.144. The lowest BCUT2D eigenvalue weighted by Crippen LogP contribution is -2.14. The van der Waals surface area contributed by atoms with Crippen LogP contribution in [0.15, 0.2) is 0 Å². The molecule has 0 atom stereocenters. The molecule has 1 aromatic heterocycles. The number of nitrogens with zero attached hydrogens (tertiary/aromatic N) is 2. The van der Waals surface area contributed by atoms with Gasteiger partial charge in [-0.3, -0.25) is 0 Å². The molecule has 0 aliphatic carbocycles. The topological polar surface area (TPSA) is 91.5 Å². The predicted molar refractivity (Wildman–Crippen MR) is 82.8 cm³/mol. The van der Waals surface area contributed by atoms with E-state index in [4.69, 9.17) is 19.9 Å². The molecule has 1 rings (SSSR count). The lowest BCUT2D eigenvalue weighted by atomic mass is 10.3. The number of nitrogen functional groups attached to an aromatic ring is 1. The van der Waals surface area contributed by atoms with Gasteiger partial charge >= 0.3 is 0 Å². The summed E-state index contributed by atoms with van der Waals surface area (Å²) in [7, 11) is 1.62. The van der Waals surface area contributed by atoms with E-state index < -0.39 is 0 Å². The second kappa shape index (κ2) is 10.2. The molecule has 0 amide bonds. The number of ether oxygens (including phenoxy) is 3. The third kappa shape index (κ3) is 6.14. The molecule has 7 heteroatoms. The Balaban J connectivity index is 2.65. The maximum Gasteiger partial charge on any atom is 0.242 e. The van der Waals surface area contributed by atoms with Crippen LogP contribution in [0, 0.1) is 0 Å². The summed E-state index contributed by atoms with van der Waals surface area (Å²) in [6.45, 7) is 7.05. The van der Waals surface area contributed by atoms with Gasteiger partial charge in [0.05, 0.1) is 6.61 Å². The number of hydrogen-bond donors (Lipinski definition) is 2. The van der Waals surface area contributed by atoms with Gasteiger partial charge in [-0.25, -0.2) is 4.98 Å². The quantitative estimate of drug-likeness (QED) is 0.598. The van der Waals surface area contributed by atoms with Crippen LogP contribution in [0.5, 0.6) is 5.88 Å². The Morgan fingerprint density at radius 3 is 2.62 bits per heavy atom. The number of aromatic nitrogens is 2. The van der Waals surface area contributed by atoms with Crippen molar-refractivity contribution in [3.05, 3.63) is 5.82 Å². The molecule has 0 bridgehead atoms. The van der Waals surface area contributed by atoms with Gasteiger partial charge in [0, 0.05) is 33.3 Å². The van der Waals surface area contributed by atoms with Crippen molar-refractivity contribution in [3.8, 4) is 5.88 Å². The SMILES string of the molecule is CCOCCCNc1nc(CC)nc(OCCOC)c1N. The van der Waals surface area contributed by atoms with Gasteiger partial charge in [0.2, 0.25) is 5.88 Å². The molecule has 21 heavy (non-hydrogen) atoms. The zero-order valence-corrected chi connectivity index (χ0v) is 13.1. The van der Waals surface area contributed by atoms with Crippen LogP contribution in [0.3, 0.4) is 0 Å². The van der Waals surface area contributed by atoms with Gasteiger partial charge in [-0.05, 0) is 13.3 Å². The Bertz CT molecular complexity index is 415. The number of hydrogen-bond acceptors (Lipinski definition) is 7. The van der Waals surface area contributed by atoms with E-state index in [9.17, 15) is 0 Å². The van der Waals surface area contributed by atoms with Crippen LogP contribution in [0.2, 0.25) is 0 Å². The molecule has 0 radical (unpaired) electrons. The van der Waals surface area contributed by atoms with Gasteiger partial charge in [-0.1, -0.05) is 6.92 Å². The standard InChI is InChI=1S/C14H26N4O3/c1-4-11-17-13(16-7-6-8-20-5-2)12(15)14(18-11)21-10-9-19-3/h4-10,15H2,1-3H3,(H,16,17,18). The molecule has 0 aromatic carbocycles. The highest BCUT2D eigenvalue weighted by Crippen LogP contribution is 2.26. The Morgan fingerprint density at radius 1 is 1.14 bits per heavy atom. The zero-order chi connectivity index (χ0) is 15.5. The lowest BCUT2D eigenvalue weighted by Gasteiger charge is -2.13. The fourth-order valence-corrected chi connectivity index (χ4v) is 1.64. The first-order valence-electron chi connectivity index (χ1n) is 7.32. The molecule has 0 aliphatic heterocycles. The summed E-state index contributed by atoms with van der Waals surface area (Å²) in [6, 6.07) is 0. The molecule has 3 N–H and O–H groups in total. The first kappa shape index (κ1) is 17.5. The third-order valence-corrected chi connectivity index (χ3v) is 2.76. The first-order chi connectivity index (χ1) is 10.2. The molecule has 0 fully saturated rings. The maximum absolute atomic E-state index is 6.05. The van der Waals surface area contributed by atoms with Crippen molar-refractivity contribution < 1.29 is 14.2 Å². The minimum absolute atomic E-state index is 0.407. The summed E-state index contributed by atoms with van der Waals surface area (Å²) >= 11 is 0. The summed E-state index contributed by atoms with van der Waals surface area (Å²) in [5.74, 6) is 1.72. The summed E-state index contributed by atoms with van der Waals surface area (Å²) in [5.41, 5.74) is 6.48. The number of methoxy groups -OCH3 is 1. The molecule has 0 spiro atoms. The summed E-state index contributed by atoms with van der Waals surface area (Å²) in [4.78, 5) is 8.70. The van der Waals surface area contributed by atoms with Gasteiger partial charge in [0.15, 0.2) is 5.82 Å². The number of nitrogens with one attached hydrogen (secondary N) is 1. The molecule has 7 nitrogen and oxygen atoms in total. The fraction of sp³-hybridized carbons (Fsp3) is 0.714. The van der Waals surface area contributed by atoms with Crippen LogP contribution in [0.1, 0.15) is 26.1 Å². The van der Waals surface area contributed by atoms with Crippen LogP contribution < -0.4 is 15.8 Å². The van der Waals surface area contributed by atoms with Gasteiger partial charge in [0.25, 0.3) is 0 Å². The number of nitrogens with two attached hydrogens (primary N) is 1. The smallest absolute Gasteiger partial charge is 0.242 e. The van der Waals surface area contributed by atoms with Crippen LogP contribution in [0.25, 0.3) is 0 Å². The minimum Gasteiger partial charge on any atom is -0.474 e. The number of rotatable bonds is 11. The van der Waals surface area contributed by atoms with Crippen molar-refractivity contribution in [2.45, 2.75) is 26.7 Å². The van der Waals surface area contributed by atoms with Crippen molar-refractivity contribution in [1.82, 2.24) is 9.97 Å². The Morgan fingerprint density at radius 2 is 1.95 bits per heavy atom. The van der Waals surface area contributed by atoms with E-state index in [0.717, 1.165) is 19.6 Å². The molecule has 0 unspecified atom stereocenters. The number of anilines is 2. The molecule has 120 valence electrons. The van der Waals surface area contributed by atoms with E-state index in [2.05, 4.69) is 15.3 Å². The highest BCUT2D eigenvalue weighted by Gasteiger charge is 2.12. The summed E-state index contributed by atoms with van der Waals surface area (Å²) < 4.78 is 15.8. The second-order valence-electron chi connectivity index (χ2n) is 4.38. The monoisotopic (exact) mass is 298 g/mol. The highest BCUT2D eigenvalue weighted by molar-refractivity contribution is 5.66. The molecule has 0 saturated heterocycles. The van der Waals surface area contributed by atoms with Crippen molar-refractivity contribution in [1.29, 1.82) is 0 Å². The molecule has 0 aliphatic rings. The van der Waals surface area contributed by atoms with Crippen molar-refractivity contribution in [3.63, 3.8) is 0 Å². The van der Waals surface area contributed by atoms with E-state index in [0.29, 0.717) is 49.5 Å². The maximum atomic E-state index is 6.05. The molecule has 1 heterocycles. The van der Waals surface area contributed by atoms with Crippen LogP contribution in [-0.2, 0) is 15.9 Å².